The van der Waals surface area contributed by atoms with Crippen molar-refractivity contribution >= 4 is 23.2 Å². The molecule has 1 aromatic rings. The van der Waals surface area contributed by atoms with Crippen LogP contribution in [0, 0.1) is 12.3 Å². The highest BCUT2D eigenvalue weighted by Crippen LogP contribution is 2.33. The number of benzene rings is 1. The standard InChI is InChI=1S/C10H8Cl2O/c1-3-10(2,13)9-7(11)5-4-6-8(9)12/h1,4-6,13H,2H3. The molecule has 3 heteroatoms. The molecule has 1 nitrogen and oxygen atoms in total. The lowest BCUT2D eigenvalue weighted by atomic mass is 9.97. The highest BCUT2D eigenvalue weighted by atomic mass is 35.5. The van der Waals surface area contributed by atoms with Gasteiger partial charge in [-0.1, -0.05) is 35.2 Å². The molecule has 1 N–H and O–H groups in total. The van der Waals surface area contributed by atoms with Crippen LogP contribution < -0.4 is 0 Å². The Kier molecular flexibility index (Phi) is 2.87. The van der Waals surface area contributed by atoms with Crippen molar-refractivity contribution in [1.29, 1.82) is 0 Å². The summed E-state index contributed by atoms with van der Waals surface area (Å²) in [6, 6.07) is 4.96. The van der Waals surface area contributed by atoms with Gasteiger partial charge in [0.15, 0.2) is 5.60 Å². The third kappa shape index (κ3) is 1.97. The largest absolute Gasteiger partial charge is 0.374 e. The van der Waals surface area contributed by atoms with E-state index >= 15 is 0 Å². The smallest absolute Gasteiger partial charge is 0.150 e. The molecule has 0 radical (unpaired) electrons. The van der Waals surface area contributed by atoms with Crippen molar-refractivity contribution in [3.63, 3.8) is 0 Å². The number of rotatable bonds is 1. The van der Waals surface area contributed by atoms with E-state index in [1.807, 2.05) is 0 Å². The second kappa shape index (κ2) is 3.59. The second-order valence-corrected chi connectivity index (χ2v) is 3.63. The van der Waals surface area contributed by atoms with Crippen LogP contribution in [0.4, 0.5) is 0 Å². The molecular weight excluding hydrogens is 207 g/mol. The van der Waals surface area contributed by atoms with Gasteiger partial charge in [0, 0.05) is 15.6 Å². The number of aliphatic hydroxyl groups is 1. The van der Waals surface area contributed by atoms with Crippen LogP contribution in [0.25, 0.3) is 0 Å². The average Bonchev–Trinajstić information content (AvgIpc) is 2.03. The van der Waals surface area contributed by atoms with E-state index in [0.717, 1.165) is 0 Å². The first-order valence-corrected chi connectivity index (χ1v) is 4.39. The van der Waals surface area contributed by atoms with Crippen molar-refractivity contribution in [3.05, 3.63) is 33.8 Å². The first-order chi connectivity index (χ1) is 5.99. The molecule has 0 aliphatic heterocycles. The molecule has 1 unspecified atom stereocenters. The molecule has 0 saturated heterocycles. The minimum absolute atomic E-state index is 0.371. The van der Waals surface area contributed by atoms with E-state index in [0.29, 0.717) is 15.6 Å². The summed E-state index contributed by atoms with van der Waals surface area (Å²) in [4.78, 5) is 0. The number of halogens is 2. The topological polar surface area (TPSA) is 20.2 Å². The zero-order valence-corrected chi connectivity index (χ0v) is 8.52. The molecule has 0 aliphatic rings. The van der Waals surface area contributed by atoms with Gasteiger partial charge in [-0.05, 0) is 19.1 Å². The Morgan fingerprint density at radius 3 is 2.23 bits per heavy atom. The molecule has 0 heterocycles. The fourth-order valence-electron chi connectivity index (χ4n) is 1.04. The maximum absolute atomic E-state index is 9.75. The van der Waals surface area contributed by atoms with Gasteiger partial charge in [0.1, 0.15) is 0 Å². The molecule has 0 amide bonds. The predicted molar refractivity (Wildman–Crippen MR) is 54.9 cm³/mol. The Labute approximate surface area is 87.3 Å². The minimum Gasteiger partial charge on any atom is -0.374 e. The van der Waals surface area contributed by atoms with Gasteiger partial charge in [-0.2, -0.15) is 0 Å². The van der Waals surface area contributed by atoms with Crippen LogP contribution >= 0.6 is 23.2 Å². The Balaban J connectivity index is 3.38. The fraction of sp³-hybridized carbons (Fsp3) is 0.200. The van der Waals surface area contributed by atoms with E-state index in [2.05, 4.69) is 5.92 Å². The maximum atomic E-state index is 9.75. The zero-order chi connectivity index (χ0) is 10.1. The number of terminal acetylenes is 1. The van der Waals surface area contributed by atoms with Gasteiger partial charge in [-0.25, -0.2) is 0 Å². The molecule has 0 spiro atoms. The first-order valence-electron chi connectivity index (χ1n) is 3.63. The second-order valence-electron chi connectivity index (χ2n) is 2.81. The van der Waals surface area contributed by atoms with Crippen molar-refractivity contribution < 1.29 is 5.11 Å². The molecular formula is C10H8Cl2O. The Morgan fingerprint density at radius 1 is 1.38 bits per heavy atom. The molecule has 13 heavy (non-hydrogen) atoms. The van der Waals surface area contributed by atoms with E-state index in [-0.39, 0.29) is 0 Å². The molecule has 0 fully saturated rings. The van der Waals surface area contributed by atoms with Crippen LogP contribution in [-0.4, -0.2) is 5.11 Å². The summed E-state index contributed by atoms with van der Waals surface area (Å²) < 4.78 is 0. The van der Waals surface area contributed by atoms with Crippen LogP contribution in [-0.2, 0) is 5.60 Å². The molecule has 0 saturated carbocycles. The monoisotopic (exact) mass is 214 g/mol. The number of hydrogen-bond donors (Lipinski definition) is 1. The maximum Gasteiger partial charge on any atom is 0.150 e. The van der Waals surface area contributed by atoms with Crippen LogP contribution in [0.2, 0.25) is 10.0 Å². The Morgan fingerprint density at radius 2 is 1.85 bits per heavy atom. The van der Waals surface area contributed by atoms with E-state index in [4.69, 9.17) is 29.6 Å². The summed E-state index contributed by atoms with van der Waals surface area (Å²) in [6.07, 6.45) is 5.16. The predicted octanol–water partition coefficient (Wildman–Crippen LogP) is 2.83. The summed E-state index contributed by atoms with van der Waals surface area (Å²) in [5.74, 6) is 2.23. The fourth-order valence-corrected chi connectivity index (χ4v) is 1.80. The van der Waals surface area contributed by atoms with Gasteiger partial charge in [0.2, 0.25) is 0 Å². The van der Waals surface area contributed by atoms with Gasteiger partial charge in [-0.15, -0.1) is 6.42 Å². The van der Waals surface area contributed by atoms with Crippen molar-refractivity contribution in [1.82, 2.24) is 0 Å². The summed E-state index contributed by atoms with van der Waals surface area (Å²) in [6.45, 7) is 1.47. The molecule has 0 aromatic heterocycles. The van der Waals surface area contributed by atoms with Gasteiger partial charge < -0.3 is 5.11 Å². The third-order valence-electron chi connectivity index (χ3n) is 1.73. The molecule has 0 aliphatic carbocycles. The number of hydrogen-bond acceptors (Lipinski definition) is 1. The minimum atomic E-state index is -1.42. The Bertz CT molecular complexity index is 343. The van der Waals surface area contributed by atoms with Crippen LogP contribution in [0.15, 0.2) is 18.2 Å². The summed E-state index contributed by atoms with van der Waals surface area (Å²) >= 11 is 11.7. The summed E-state index contributed by atoms with van der Waals surface area (Å²) in [5, 5.41) is 10.5. The van der Waals surface area contributed by atoms with Crippen molar-refractivity contribution in [3.8, 4) is 12.3 Å². The van der Waals surface area contributed by atoms with Crippen LogP contribution in [0.3, 0.4) is 0 Å². The lowest BCUT2D eigenvalue weighted by Gasteiger charge is -2.19. The van der Waals surface area contributed by atoms with E-state index in [1.165, 1.54) is 6.92 Å². The highest BCUT2D eigenvalue weighted by Gasteiger charge is 2.25. The average molecular weight is 215 g/mol. The van der Waals surface area contributed by atoms with Gasteiger partial charge in [0.05, 0.1) is 0 Å². The van der Waals surface area contributed by atoms with E-state index in [1.54, 1.807) is 18.2 Å². The molecule has 1 atom stereocenters. The summed E-state index contributed by atoms with van der Waals surface area (Å²) in [5.41, 5.74) is -1.05. The van der Waals surface area contributed by atoms with Crippen LogP contribution in [0.5, 0.6) is 0 Å². The molecule has 1 aromatic carbocycles. The quantitative estimate of drug-likeness (QED) is 0.714. The van der Waals surface area contributed by atoms with Gasteiger partial charge in [-0.3, -0.25) is 0 Å². The molecule has 1 rings (SSSR count). The highest BCUT2D eigenvalue weighted by molar-refractivity contribution is 6.36. The lowest BCUT2D eigenvalue weighted by Crippen LogP contribution is -2.19. The van der Waals surface area contributed by atoms with Gasteiger partial charge >= 0.3 is 0 Å². The normalized spacial score (nSPS) is 14.7. The van der Waals surface area contributed by atoms with E-state index in [9.17, 15) is 5.11 Å². The molecule has 0 bridgehead atoms. The lowest BCUT2D eigenvalue weighted by molar-refractivity contribution is 0.122. The van der Waals surface area contributed by atoms with Crippen molar-refractivity contribution in [2.45, 2.75) is 12.5 Å². The first kappa shape index (κ1) is 10.4. The van der Waals surface area contributed by atoms with Gasteiger partial charge in [0.25, 0.3) is 0 Å². The molecule has 68 valence electrons. The van der Waals surface area contributed by atoms with Crippen molar-refractivity contribution in [2.24, 2.45) is 0 Å². The van der Waals surface area contributed by atoms with Crippen LogP contribution in [0.1, 0.15) is 12.5 Å². The SMILES string of the molecule is C#CC(C)(O)c1c(Cl)cccc1Cl. The zero-order valence-electron chi connectivity index (χ0n) is 7.01. The third-order valence-corrected chi connectivity index (χ3v) is 2.36. The summed E-state index contributed by atoms with van der Waals surface area (Å²) in [7, 11) is 0. The van der Waals surface area contributed by atoms with Crippen molar-refractivity contribution in [2.75, 3.05) is 0 Å². The van der Waals surface area contributed by atoms with E-state index < -0.39 is 5.60 Å². The Hall–Kier alpha value is -0.680.